The smallest absolute Gasteiger partial charge is 0.306 e. The number of aliphatic hydroxyl groups is 1. The highest BCUT2D eigenvalue weighted by Gasteiger charge is 2.16. The van der Waals surface area contributed by atoms with Gasteiger partial charge in [-0.15, -0.1) is 0 Å². The lowest BCUT2D eigenvalue weighted by Gasteiger charge is -2.15. The largest absolute Gasteiger partial charge is 0.462 e. The predicted molar refractivity (Wildman–Crippen MR) is 297 cm³/mol. The summed E-state index contributed by atoms with van der Waals surface area (Å²) in [6.45, 7) is 3.99. The molecule has 0 amide bonds. The molecule has 0 spiro atoms. The Morgan fingerprint density at radius 3 is 0.985 bits per heavy atom. The second-order valence-electron chi connectivity index (χ2n) is 18.3. The summed E-state index contributed by atoms with van der Waals surface area (Å²) in [7, 11) is 0. The van der Waals surface area contributed by atoms with Crippen molar-refractivity contribution in [2.24, 2.45) is 0 Å². The number of esters is 2. The van der Waals surface area contributed by atoms with Gasteiger partial charge in [-0.3, -0.25) is 9.59 Å². The van der Waals surface area contributed by atoms with Gasteiger partial charge in [0.2, 0.25) is 0 Å². The fourth-order valence-corrected chi connectivity index (χ4v) is 7.54. The van der Waals surface area contributed by atoms with Crippen LogP contribution in [0.1, 0.15) is 245 Å². The second-order valence-corrected chi connectivity index (χ2v) is 18.3. The number of carbonyl (C=O) groups excluding carboxylic acids is 2. The molecule has 0 fully saturated rings. The Labute approximate surface area is 420 Å². The first-order valence-corrected chi connectivity index (χ1v) is 28.1. The van der Waals surface area contributed by atoms with Crippen LogP contribution in [0.15, 0.2) is 122 Å². The second kappa shape index (κ2) is 57.6. The Morgan fingerprint density at radius 2 is 0.632 bits per heavy atom. The normalized spacial score (nSPS) is 13.2. The molecule has 386 valence electrons. The molecule has 1 atom stereocenters. The zero-order valence-corrected chi connectivity index (χ0v) is 44.1. The molecule has 1 N–H and O–H groups in total. The predicted octanol–water partition coefficient (Wildman–Crippen LogP) is 19.1. The van der Waals surface area contributed by atoms with E-state index >= 15 is 0 Å². The monoisotopic (exact) mass is 941 g/mol. The van der Waals surface area contributed by atoms with Crippen LogP contribution in [0.4, 0.5) is 0 Å². The van der Waals surface area contributed by atoms with E-state index in [1.54, 1.807) is 0 Å². The van der Waals surface area contributed by atoms with Crippen LogP contribution >= 0.6 is 0 Å². The van der Waals surface area contributed by atoms with Crippen LogP contribution in [0.3, 0.4) is 0 Å². The molecule has 0 aromatic heterocycles. The van der Waals surface area contributed by atoms with Gasteiger partial charge in [0, 0.05) is 12.8 Å². The summed E-state index contributed by atoms with van der Waals surface area (Å²) in [4.78, 5) is 24.5. The highest BCUT2D eigenvalue weighted by atomic mass is 16.6. The van der Waals surface area contributed by atoms with Crippen molar-refractivity contribution in [3.63, 3.8) is 0 Å². The van der Waals surface area contributed by atoms with Gasteiger partial charge in [0.1, 0.15) is 6.61 Å². The molecule has 0 aliphatic heterocycles. The van der Waals surface area contributed by atoms with Crippen molar-refractivity contribution in [1.29, 1.82) is 0 Å². The standard InChI is InChI=1S/C63H104O5/c1-3-5-7-9-11-13-15-17-19-21-23-25-27-29-31-33-35-37-39-41-43-45-47-49-51-53-55-57-62(65)67-60-61(59-64)68-63(66)58-56-54-52-50-48-46-44-42-40-38-36-34-32-30-28-26-24-22-20-18-16-14-12-10-8-6-4-2/h6,8,12,14-15,17-18,20-21,23-24,26,30,32,36,38,42,44,48,50,61,64H,3-5,7,9-11,13,16,19,22,25,27-29,31,33-35,37,39-41,43,45-47,49,51-60H2,1-2H3/b8-6-,14-12-,17-15-,20-18-,23-21-,26-24-,32-30-,38-36-,44-42-,50-48-. The summed E-state index contributed by atoms with van der Waals surface area (Å²) in [6.07, 6.45) is 84.5. The van der Waals surface area contributed by atoms with Crippen LogP contribution in [-0.2, 0) is 19.1 Å². The molecule has 0 radical (unpaired) electrons. The summed E-state index contributed by atoms with van der Waals surface area (Å²) in [5.74, 6) is -0.645. The van der Waals surface area contributed by atoms with E-state index < -0.39 is 6.10 Å². The minimum Gasteiger partial charge on any atom is -0.462 e. The summed E-state index contributed by atoms with van der Waals surface area (Å²) in [5, 5.41) is 9.65. The summed E-state index contributed by atoms with van der Waals surface area (Å²) in [6, 6.07) is 0. The van der Waals surface area contributed by atoms with Crippen LogP contribution in [0.2, 0.25) is 0 Å². The third-order valence-corrected chi connectivity index (χ3v) is 11.7. The number of unbranched alkanes of at least 4 members (excludes halogenated alkanes) is 22. The lowest BCUT2D eigenvalue weighted by atomic mass is 10.0. The van der Waals surface area contributed by atoms with Gasteiger partial charge in [-0.2, -0.15) is 0 Å². The minimum atomic E-state index is -0.805. The van der Waals surface area contributed by atoms with E-state index in [1.807, 2.05) is 0 Å². The van der Waals surface area contributed by atoms with Gasteiger partial charge < -0.3 is 14.6 Å². The summed E-state index contributed by atoms with van der Waals surface area (Å²) < 4.78 is 10.7. The molecule has 5 heteroatoms. The Hall–Kier alpha value is -3.70. The maximum absolute atomic E-state index is 12.3. The van der Waals surface area contributed by atoms with Gasteiger partial charge in [0.15, 0.2) is 6.10 Å². The van der Waals surface area contributed by atoms with E-state index in [1.165, 1.54) is 122 Å². The molecule has 68 heavy (non-hydrogen) atoms. The lowest BCUT2D eigenvalue weighted by molar-refractivity contribution is -0.161. The van der Waals surface area contributed by atoms with Gasteiger partial charge in [-0.05, 0) is 109 Å². The highest BCUT2D eigenvalue weighted by Crippen LogP contribution is 2.15. The number of aliphatic hydroxyl groups excluding tert-OH is 1. The number of carbonyl (C=O) groups is 2. The molecule has 0 aliphatic rings. The molecule has 0 aromatic carbocycles. The zero-order valence-electron chi connectivity index (χ0n) is 44.1. The quantitative estimate of drug-likeness (QED) is 0.0374. The van der Waals surface area contributed by atoms with Gasteiger partial charge in [0.05, 0.1) is 6.61 Å². The van der Waals surface area contributed by atoms with Crippen molar-refractivity contribution < 1.29 is 24.2 Å². The van der Waals surface area contributed by atoms with Crippen molar-refractivity contribution in [3.8, 4) is 0 Å². The Morgan fingerprint density at radius 1 is 0.353 bits per heavy atom. The molecule has 0 heterocycles. The van der Waals surface area contributed by atoms with E-state index in [2.05, 4.69) is 135 Å². The molecule has 0 saturated carbocycles. The molecular weight excluding hydrogens is 837 g/mol. The van der Waals surface area contributed by atoms with Crippen LogP contribution in [-0.4, -0.2) is 36.4 Å². The fraction of sp³-hybridized carbons (Fsp3) is 0.651. The maximum atomic E-state index is 12.3. The Balaban J connectivity index is 3.61. The molecule has 0 saturated heterocycles. The van der Waals surface area contributed by atoms with Crippen molar-refractivity contribution >= 4 is 11.9 Å². The van der Waals surface area contributed by atoms with Crippen molar-refractivity contribution in [2.75, 3.05) is 13.2 Å². The molecule has 5 nitrogen and oxygen atoms in total. The molecule has 0 bridgehead atoms. The molecule has 0 aliphatic carbocycles. The highest BCUT2D eigenvalue weighted by molar-refractivity contribution is 5.70. The van der Waals surface area contributed by atoms with Gasteiger partial charge in [-0.1, -0.05) is 245 Å². The first-order valence-electron chi connectivity index (χ1n) is 28.1. The first kappa shape index (κ1) is 64.3. The number of hydrogen-bond donors (Lipinski definition) is 1. The molecule has 1 unspecified atom stereocenters. The average molecular weight is 942 g/mol. The van der Waals surface area contributed by atoms with Crippen LogP contribution < -0.4 is 0 Å². The number of hydrogen-bond acceptors (Lipinski definition) is 5. The first-order chi connectivity index (χ1) is 33.6. The van der Waals surface area contributed by atoms with E-state index in [0.29, 0.717) is 12.8 Å². The van der Waals surface area contributed by atoms with Crippen molar-refractivity contribution in [2.45, 2.75) is 251 Å². The van der Waals surface area contributed by atoms with Crippen LogP contribution in [0.5, 0.6) is 0 Å². The number of ether oxygens (including phenoxy) is 2. The Kier molecular flexibility index (Phi) is 54.5. The van der Waals surface area contributed by atoms with E-state index in [0.717, 1.165) is 96.3 Å². The number of rotatable bonds is 50. The molecule has 0 rings (SSSR count). The Bertz CT molecular complexity index is 1390. The topological polar surface area (TPSA) is 72.8 Å². The lowest BCUT2D eigenvalue weighted by Crippen LogP contribution is -2.28. The van der Waals surface area contributed by atoms with Gasteiger partial charge >= 0.3 is 11.9 Å². The number of allylic oxidation sites excluding steroid dienone is 20. The van der Waals surface area contributed by atoms with Crippen molar-refractivity contribution in [3.05, 3.63) is 122 Å². The third kappa shape index (κ3) is 54.9. The fourth-order valence-electron chi connectivity index (χ4n) is 7.54. The van der Waals surface area contributed by atoms with Crippen LogP contribution in [0, 0.1) is 0 Å². The molecule has 0 aromatic rings. The van der Waals surface area contributed by atoms with Crippen LogP contribution in [0.25, 0.3) is 0 Å². The van der Waals surface area contributed by atoms with Gasteiger partial charge in [-0.25, -0.2) is 0 Å². The SMILES string of the molecule is CC/C=C\C/C=C\C/C=C\C/C=C\C/C=C\C/C=C\C/C=C\C/C=C\CCCCC(=O)OC(CO)COC(=O)CCCCCCCCCCCCCCCCC/C=C\C/C=C\CCCCCCC. The summed E-state index contributed by atoms with van der Waals surface area (Å²) in [5.41, 5.74) is 0. The maximum Gasteiger partial charge on any atom is 0.306 e. The van der Waals surface area contributed by atoms with E-state index in [4.69, 9.17) is 9.47 Å². The summed E-state index contributed by atoms with van der Waals surface area (Å²) >= 11 is 0. The van der Waals surface area contributed by atoms with E-state index in [9.17, 15) is 14.7 Å². The third-order valence-electron chi connectivity index (χ3n) is 11.7. The average Bonchev–Trinajstić information content (AvgIpc) is 3.34. The zero-order chi connectivity index (χ0) is 49.2. The van der Waals surface area contributed by atoms with Gasteiger partial charge in [0.25, 0.3) is 0 Å². The minimum absolute atomic E-state index is 0.0902. The van der Waals surface area contributed by atoms with Crippen molar-refractivity contribution in [1.82, 2.24) is 0 Å². The molecular formula is C63H104O5. The van der Waals surface area contributed by atoms with E-state index in [-0.39, 0.29) is 25.2 Å².